The van der Waals surface area contributed by atoms with E-state index >= 15 is 0 Å². The zero-order valence-corrected chi connectivity index (χ0v) is 18.7. The largest absolute Gasteiger partial charge is 0.381 e. The third-order valence-corrected chi connectivity index (χ3v) is 4.87. The van der Waals surface area contributed by atoms with E-state index in [-0.39, 0.29) is 29.5 Å². The molecule has 1 unspecified atom stereocenters. The lowest BCUT2D eigenvalue weighted by Crippen LogP contribution is -2.52. The molecule has 1 aliphatic heterocycles. The molecule has 5 nitrogen and oxygen atoms in total. The Labute approximate surface area is 166 Å². The summed E-state index contributed by atoms with van der Waals surface area (Å²) < 4.78 is 5.54. The van der Waals surface area contributed by atoms with E-state index in [4.69, 9.17) is 9.73 Å². The molecule has 0 aromatic carbocycles. The molecule has 24 heavy (non-hydrogen) atoms. The minimum Gasteiger partial charge on any atom is -0.381 e. The van der Waals surface area contributed by atoms with Gasteiger partial charge >= 0.3 is 0 Å². The van der Waals surface area contributed by atoms with Crippen LogP contribution in [0.15, 0.2) is 4.99 Å². The number of aliphatic imine (C=N–C) groups is 1. The van der Waals surface area contributed by atoms with E-state index in [2.05, 4.69) is 50.4 Å². The van der Waals surface area contributed by atoms with E-state index in [1.54, 1.807) is 0 Å². The van der Waals surface area contributed by atoms with Crippen molar-refractivity contribution in [1.82, 2.24) is 15.5 Å². The predicted molar refractivity (Wildman–Crippen MR) is 115 cm³/mol. The molecule has 0 aromatic rings. The molecule has 0 spiro atoms. The summed E-state index contributed by atoms with van der Waals surface area (Å²) in [5.41, 5.74) is 0.131. The maximum absolute atomic E-state index is 5.54. The summed E-state index contributed by atoms with van der Waals surface area (Å²) in [6, 6.07) is 0.462. The number of ether oxygens (including phenoxy) is 1. The first-order valence-electron chi connectivity index (χ1n) is 9.34. The molecular formula is C18H39IN4O. The molecule has 1 aliphatic rings. The van der Waals surface area contributed by atoms with Crippen molar-refractivity contribution < 1.29 is 4.74 Å². The van der Waals surface area contributed by atoms with Crippen molar-refractivity contribution in [3.05, 3.63) is 0 Å². The van der Waals surface area contributed by atoms with E-state index in [0.29, 0.717) is 6.04 Å². The summed E-state index contributed by atoms with van der Waals surface area (Å²) in [6.45, 7) is 10.0. The monoisotopic (exact) mass is 454 g/mol. The lowest BCUT2D eigenvalue weighted by atomic mass is 9.89. The van der Waals surface area contributed by atoms with Crippen LogP contribution in [-0.4, -0.2) is 62.8 Å². The smallest absolute Gasteiger partial charge is 0.191 e. The number of halogens is 1. The third kappa shape index (κ3) is 8.34. The van der Waals surface area contributed by atoms with Gasteiger partial charge in [-0.1, -0.05) is 26.2 Å². The molecule has 1 atom stereocenters. The van der Waals surface area contributed by atoms with Crippen LogP contribution in [0.3, 0.4) is 0 Å². The third-order valence-electron chi connectivity index (χ3n) is 4.87. The lowest BCUT2D eigenvalue weighted by molar-refractivity contribution is -0.00255. The van der Waals surface area contributed by atoms with Gasteiger partial charge in [-0.25, -0.2) is 0 Å². The fourth-order valence-electron chi connectivity index (χ4n) is 3.05. The maximum Gasteiger partial charge on any atom is 0.191 e. The molecule has 1 rings (SSSR count). The Morgan fingerprint density at radius 2 is 1.88 bits per heavy atom. The van der Waals surface area contributed by atoms with Crippen molar-refractivity contribution >= 4 is 29.9 Å². The highest BCUT2D eigenvalue weighted by molar-refractivity contribution is 14.0. The van der Waals surface area contributed by atoms with Crippen LogP contribution in [0.4, 0.5) is 0 Å². The van der Waals surface area contributed by atoms with Crippen molar-refractivity contribution in [3.63, 3.8) is 0 Å². The summed E-state index contributed by atoms with van der Waals surface area (Å²) in [6.07, 6.45) is 7.16. The number of hydrogen-bond donors (Lipinski definition) is 2. The molecule has 1 fully saturated rings. The van der Waals surface area contributed by atoms with E-state index in [1.807, 2.05) is 0 Å². The Kier molecular flexibility index (Phi) is 13.1. The van der Waals surface area contributed by atoms with Crippen LogP contribution in [0.25, 0.3) is 0 Å². The van der Waals surface area contributed by atoms with Gasteiger partial charge in [0.05, 0.1) is 6.54 Å². The molecule has 1 heterocycles. The van der Waals surface area contributed by atoms with Crippen molar-refractivity contribution in [2.24, 2.45) is 4.99 Å². The average molecular weight is 454 g/mol. The van der Waals surface area contributed by atoms with Gasteiger partial charge in [0.25, 0.3) is 0 Å². The van der Waals surface area contributed by atoms with Crippen LogP contribution in [0, 0.1) is 0 Å². The molecule has 6 heteroatoms. The molecule has 0 aliphatic carbocycles. The number of likely N-dealkylation sites (N-methyl/N-ethyl adjacent to an activating group) is 1. The van der Waals surface area contributed by atoms with Crippen LogP contribution in [-0.2, 0) is 4.74 Å². The van der Waals surface area contributed by atoms with Crippen LogP contribution >= 0.6 is 24.0 Å². The summed E-state index contributed by atoms with van der Waals surface area (Å²) >= 11 is 0. The second kappa shape index (κ2) is 13.2. The highest BCUT2D eigenvalue weighted by atomic mass is 127. The maximum atomic E-state index is 5.54. The van der Waals surface area contributed by atoms with Gasteiger partial charge in [-0.3, -0.25) is 4.99 Å². The Morgan fingerprint density at radius 1 is 1.21 bits per heavy atom. The number of rotatable bonds is 9. The van der Waals surface area contributed by atoms with Gasteiger partial charge < -0.3 is 20.3 Å². The summed E-state index contributed by atoms with van der Waals surface area (Å²) in [5.74, 6) is 0.948. The summed E-state index contributed by atoms with van der Waals surface area (Å²) in [7, 11) is 4.32. The molecule has 0 bridgehead atoms. The van der Waals surface area contributed by atoms with Crippen molar-refractivity contribution in [2.45, 2.75) is 70.9 Å². The van der Waals surface area contributed by atoms with Crippen molar-refractivity contribution in [3.8, 4) is 0 Å². The van der Waals surface area contributed by atoms with E-state index in [9.17, 15) is 0 Å². The SMILES string of the molecule is CCCCCC(C)NC(=NCC1(N(C)C)CCOCC1)NCC.I. The zero-order chi connectivity index (χ0) is 17.1. The highest BCUT2D eigenvalue weighted by Gasteiger charge is 2.34. The highest BCUT2D eigenvalue weighted by Crippen LogP contribution is 2.26. The number of nitrogens with one attached hydrogen (secondary N) is 2. The number of nitrogens with zero attached hydrogens (tertiary/aromatic N) is 2. The van der Waals surface area contributed by atoms with Gasteiger partial charge in [-0.05, 0) is 47.2 Å². The molecular weight excluding hydrogens is 415 g/mol. The first-order valence-corrected chi connectivity index (χ1v) is 9.34. The van der Waals surface area contributed by atoms with Gasteiger partial charge in [-0.2, -0.15) is 0 Å². The second-order valence-electron chi connectivity index (χ2n) is 6.97. The molecule has 0 saturated carbocycles. The molecule has 2 N–H and O–H groups in total. The average Bonchev–Trinajstić information content (AvgIpc) is 2.54. The predicted octanol–water partition coefficient (Wildman–Crippen LogP) is 3.24. The van der Waals surface area contributed by atoms with Crippen LogP contribution in [0.5, 0.6) is 0 Å². The van der Waals surface area contributed by atoms with Crippen LogP contribution < -0.4 is 10.6 Å². The fourth-order valence-corrected chi connectivity index (χ4v) is 3.05. The first kappa shape index (κ1) is 23.9. The summed E-state index contributed by atoms with van der Waals surface area (Å²) in [4.78, 5) is 7.22. The zero-order valence-electron chi connectivity index (χ0n) is 16.4. The van der Waals surface area contributed by atoms with E-state index in [0.717, 1.165) is 45.1 Å². The van der Waals surface area contributed by atoms with Crippen LogP contribution in [0.1, 0.15) is 59.3 Å². The van der Waals surface area contributed by atoms with Gasteiger partial charge in [-0.15, -0.1) is 24.0 Å². The van der Waals surface area contributed by atoms with Gasteiger partial charge in [0, 0.05) is 31.3 Å². The first-order chi connectivity index (χ1) is 11.0. The quantitative estimate of drug-likeness (QED) is 0.243. The minimum atomic E-state index is 0. The molecule has 144 valence electrons. The van der Waals surface area contributed by atoms with Gasteiger partial charge in [0.15, 0.2) is 5.96 Å². The second-order valence-corrected chi connectivity index (χ2v) is 6.97. The topological polar surface area (TPSA) is 48.9 Å². The molecule has 1 saturated heterocycles. The number of guanidine groups is 1. The van der Waals surface area contributed by atoms with Crippen molar-refractivity contribution in [1.29, 1.82) is 0 Å². The Bertz CT molecular complexity index is 344. The van der Waals surface area contributed by atoms with Crippen molar-refractivity contribution in [2.75, 3.05) is 40.4 Å². The Morgan fingerprint density at radius 3 is 2.42 bits per heavy atom. The van der Waals surface area contributed by atoms with Crippen LogP contribution in [0.2, 0.25) is 0 Å². The summed E-state index contributed by atoms with van der Waals surface area (Å²) in [5, 5.41) is 6.95. The normalized spacial score (nSPS) is 18.8. The fraction of sp³-hybridized carbons (Fsp3) is 0.944. The van der Waals surface area contributed by atoms with Gasteiger partial charge in [0.1, 0.15) is 0 Å². The lowest BCUT2D eigenvalue weighted by Gasteiger charge is -2.41. The van der Waals surface area contributed by atoms with E-state index in [1.165, 1.54) is 25.7 Å². The standard InChI is InChI=1S/C18H38N4O.HI/c1-6-8-9-10-16(3)21-17(19-7-2)20-15-18(22(4)5)11-13-23-14-12-18;/h16H,6-15H2,1-5H3,(H2,19,20,21);1H. The molecule has 0 amide bonds. The number of unbranched alkanes of at least 4 members (excludes halogenated alkanes) is 2. The van der Waals surface area contributed by atoms with Gasteiger partial charge in [0.2, 0.25) is 0 Å². The minimum absolute atomic E-state index is 0. The molecule has 0 aromatic heterocycles. The molecule has 0 radical (unpaired) electrons. The Balaban J connectivity index is 0.00000529. The Hall–Kier alpha value is -0.0800. The van der Waals surface area contributed by atoms with E-state index < -0.39 is 0 Å². The number of hydrogen-bond acceptors (Lipinski definition) is 3.